The molecule has 2 aromatic heterocycles. The number of anilines is 1. The molecule has 2 heterocycles. The summed E-state index contributed by atoms with van der Waals surface area (Å²) >= 11 is 0. The first kappa shape index (κ1) is 15.7. The number of rotatable bonds is 4. The highest BCUT2D eigenvalue weighted by atomic mass is 16.5. The maximum Gasteiger partial charge on any atom is 0.356 e. The van der Waals surface area contributed by atoms with E-state index in [0.717, 1.165) is 10.9 Å². The van der Waals surface area contributed by atoms with Gasteiger partial charge in [-0.3, -0.25) is 4.79 Å². The summed E-state index contributed by atoms with van der Waals surface area (Å²) in [6, 6.07) is 6.86. The number of nitrogens with zero attached hydrogens (tertiary/aromatic N) is 4. The number of hydrogen-bond donors (Lipinski definition) is 1. The van der Waals surface area contributed by atoms with Crippen molar-refractivity contribution < 1.29 is 14.3 Å². The van der Waals surface area contributed by atoms with Crippen molar-refractivity contribution >= 4 is 28.5 Å². The minimum absolute atomic E-state index is 0.290. The van der Waals surface area contributed by atoms with Crippen molar-refractivity contribution in [2.24, 2.45) is 7.05 Å². The van der Waals surface area contributed by atoms with Crippen molar-refractivity contribution in [3.8, 4) is 0 Å². The van der Waals surface area contributed by atoms with E-state index in [1.165, 1.54) is 24.4 Å². The molecule has 1 N–H and O–H groups in total. The Kier molecular flexibility index (Phi) is 4.03. The molecule has 0 saturated heterocycles. The number of amides is 1. The summed E-state index contributed by atoms with van der Waals surface area (Å²) in [5, 5.41) is 7.56. The van der Waals surface area contributed by atoms with Gasteiger partial charge >= 0.3 is 5.97 Å². The van der Waals surface area contributed by atoms with Gasteiger partial charge in [0.1, 0.15) is 18.7 Å². The maximum absolute atomic E-state index is 12.6. The second-order valence-corrected chi connectivity index (χ2v) is 5.33. The smallest absolute Gasteiger partial charge is 0.356 e. The van der Waals surface area contributed by atoms with E-state index in [0.29, 0.717) is 5.69 Å². The first-order chi connectivity index (χ1) is 11.5. The number of aryl methyl sites for hydroxylation is 1. The van der Waals surface area contributed by atoms with Crippen molar-refractivity contribution in [2.75, 3.05) is 12.4 Å². The maximum atomic E-state index is 12.6. The van der Waals surface area contributed by atoms with Gasteiger partial charge in [-0.2, -0.15) is 5.10 Å². The molecule has 24 heavy (non-hydrogen) atoms. The molecule has 0 fully saturated rings. The summed E-state index contributed by atoms with van der Waals surface area (Å²) in [6.07, 6.45) is 2.83. The molecule has 0 aliphatic heterocycles. The summed E-state index contributed by atoms with van der Waals surface area (Å²) in [7, 11) is 3.06. The molecule has 1 amide bonds. The highest BCUT2D eigenvalue weighted by Crippen LogP contribution is 2.31. The van der Waals surface area contributed by atoms with Gasteiger partial charge in [0.05, 0.1) is 18.3 Å². The van der Waals surface area contributed by atoms with Crippen molar-refractivity contribution in [3.05, 3.63) is 42.6 Å². The Morgan fingerprint density at radius 1 is 1.29 bits per heavy atom. The second kappa shape index (κ2) is 6.15. The molecule has 0 spiro atoms. The van der Waals surface area contributed by atoms with E-state index >= 15 is 0 Å². The summed E-state index contributed by atoms with van der Waals surface area (Å²) < 4.78 is 8.01. The number of aromatic nitrogens is 4. The molecule has 3 rings (SSSR count). The van der Waals surface area contributed by atoms with Crippen LogP contribution >= 0.6 is 0 Å². The van der Waals surface area contributed by atoms with Gasteiger partial charge in [-0.05, 0) is 13.0 Å². The Morgan fingerprint density at radius 2 is 2.04 bits per heavy atom. The number of benzene rings is 1. The number of fused-ring (bicyclic) bond motifs is 1. The van der Waals surface area contributed by atoms with Gasteiger partial charge in [0.25, 0.3) is 0 Å². The monoisotopic (exact) mass is 327 g/mol. The van der Waals surface area contributed by atoms with Gasteiger partial charge in [0, 0.05) is 12.4 Å². The normalized spacial score (nSPS) is 12.1. The zero-order valence-corrected chi connectivity index (χ0v) is 13.6. The average molecular weight is 327 g/mol. The number of methoxy groups -OCH3 is 1. The Morgan fingerprint density at radius 3 is 2.71 bits per heavy atom. The van der Waals surface area contributed by atoms with Crippen LogP contribution in [0.25, 0.3) is 10.9 Å². The van der Waals surface area contributed by atoms with Crippen molar-refractivity contribution in [3.63, 3.8) is 0 Å². The summed E-state index contributed by atoms with van der Waals surface area (Å²) in [6.45, 7) is 1.70. The van der Waals surface area contributed by atoms with Crippen molar-refractivity contribution in [1.82, 2.24) is 19.3 Å². The van der Waals surface area contributed by atoms with Crippen LogP contribution in [0.5, 0.6) is 0 Å². The molecule has 0 bridgehead atoms. The molecule has 1 unspecified atom stereocenters. The molecule has 8 heteroatoms. The lowest BCUT2D eigenvalue weighted by Crippen LogP contribution is -2.25. The first-order valence-corrected chi connectivity index (χ1v) is 7.35. The average Bonchev–Trinajstić information content (AvgIpc) is 3.22. The predicted molar refractivity (Wildman–Crippen MR) is 87.6 cm³/mol. The number of carbonyl (C=O) groups excluding carboxylic acids is 2. The van der Waals surface area contributed by atoms with E-state index in [1.54, 1.807) is 18.5 Å². The Balaban J connectivity index is 2.05. The second-order valence-electron chi connectivity index (χ2n) is 5.33. The van der Waals surface area contributed by atoms with Crippen LogP contribution in [0.2, 0.25) is 0 Å². The zero-order chi connectivity index (χ0) is 17.3. The fourth-order valence-electron chi connectivity index (χ4n) is 2.62. The molecule has 0 aliphatic rings. The Labute approximate surface area is 138 Å². The van der Waals surface area contributed by atoms with Gasteiger partial charge in [0.15, 0.2) is 5.69 Å². The molecule has 1 atom stereocenters. The van der Waals surface area contributed by atoms with Crippen LogP contribution < -0.4 is 5.32 Å². The van der Waals surface area contributed by atoms with Crippen LogP contribution in [0.3, 0.4) is 0 Å². The fourth-order valence-corrected chi connectivity index (χ4v) is 2.62. The summed E-state index contributed by atoms with van der Waals surface area (Å²) in [4.78, 5) is 28.6. The lowest BCUT2D eigenvalue weighted by Gasteiger charge is -2.13. The molecular formula is C16H17N5O3. The number of ether oxygens (including phenoxy) is 1. The van der Waals surface area contributed by atoms with Crippen LogP contribution in [0.15, 0.2) is 36.9 Å². The van der Waals surface area contributed by atoms with Crippen LogP contribution in [0.4, 0.5) is 5.69 Å². The predicted octanol–water partition coefficient (Wildman–Crippen LogP) is 1.76. The molecule has 0 radical (unpaired) electrons. The topological polar surface area (TPSA) is 91.0 Å². The molecule has 3 aromatic rings. The third-order valence-electron chi connectivity index (χ3n) is 3.95. The lowest BCUT2D eigenvalue weighted by molar-refractivity contribution is -0.119. The van der Waals surface area contributed by atoms with E-state index < -0.39 is 12.0 Å². The molecule has 0 aliphatic carbocycles. The third-order valence-corrected chi connectivity index (χ3v) is 3.95. The highest BCUT2D eigenvalue weighted by Gasteiger charge is 2.25. The lowest BCUT2D eigenvalue weighted by atomic mass is 10.2. The number of para-hydroxylation sites is 1. The molecule has 124 valence electrons. The van der Waals surface area contributed by atoms with E-state index in [2.05, 4.69) is 15.4 Å². The van der Waals surface area contributed by atoms with E-state index in [-0.39, 0.29) is 11.6 Å². The third kappa shape index (κ3) is 2.51. The standard InChI is InChI=1S/C16H17N5O3/c1-10(21-9-17-8-18-21)15(22)19-13-11-6-4-5-7-12(11)20(2)14(13)16(23)24-3/h4-10H,1-3H3,(H,19,22). The van der Waals surface area contributed by atoms with Crippen molar-refractivity contribution in [1.29, 1.82) is 0 Å². The molecule has 0 saturated carbocycles. The van der Waals surface area contributed by atoms with E-state index in [1.807, 2.05) is 24.3 Å². The zero-order valence-electron chi connectivity index (χ0n) is 13.6. The van der Waals surface area contributed by atoms with Gasteiger partial charge in [-0.1, -0.05) is 18.2 Å². The molecule has 1 aromatic carbocycles. The largest absolute Gasteiger partial charge is 0.464 e. The first-order valence-electron chi connectivity index (χ1n) is 7.35. The van der Waals surface area contributed by atoms with E-state index in [9.17, 15) is 9.59 Å². The number of esters is 1. The highest BCUT2D eigenvalue weighted by molar-refractivity contribution is 6.11. The Bertz CT molecular complexity index is 898. The summed E-state index contributed by atoms with van der Waals surface area (Å²) in [5.41, 5.74) is 1.54. The van der Waals surface area contributed by atoms with Gasteiger partial charge in [-0.25, -0.2) is 14.5 Å². The number of nitrogens with one attached hydrogen (secondary N) is 1. The molecule has 8 nitrogen and oxygen atoms in total. The van der Waals surface area contributed by atoms with Crippen LogP contribution in [-0.2, 0) is 16.6 Å². The van der Waals surface area contributed by atoms with Gasteiger partial charge in [0.2, 0.25) is 5.91 Å². The van der Waals surface area contributed by atoms with E-state index in [4.69, 9.17) is 4.74 Å². The quantitative estimate of drug-likeness (QED) is 0.737. The summed E-state index contributed by atoms with van der Waals surface area (Å²) in [5.74, 6) is -0.820. The minimum atomic E-state index is -0.572. The molecular weight excluding hydrogens is 310 g/mol. The van der Waals surface area contributed by atoms with Crippen LogP contribution in [0, 0.1) is 0 Å². The fraction of sp³-hybridized carbons (Fsp3) is 0.250. The number of hydrogen-bond acceptors (Lipinski definition) is 5. The Hall–Kier alpha value is -3.16. The van der Waals surface area contributed by atoms with Crippen LogP contribution in [0.1, 0.15) is 23.5 Å². The van der Waals surface area contributed by atoms with Gasteiger partial charge in [-0.15, -0.1) is 0 Å². The SMILES string of the molecule is COC(=O)c1c(NC(=O)C(C)n2cncn2)c2ccccc2n1C. The van der Waals surface area contributed by atoms with Crippen molar-refractivity contribution in [2.45, 2.75) is 13.0 Å². The number of carbonyl (C=O) groups is 2. The minimum Gasteiger partial charge on any atom is -0.464 e. The van der Waals surface area contributed by atoms with Gasteiger partial charge < -0.3 is 14.6 Å². The van der Waals surface area contributed by atoms with Crippen LogP contribution in [-0.4, -0.2) is 38.3 Å².